The van der Waals surface area contributed by atoms with Gasteiger partial charge in [0.15, 0.2) is 0 Å². The van der Waals surface area contributed by atoms with E-state index in [-0.39, 0.29) is 29.8 Å². The summed E-state index contributed by atoms with van der Waals surface area (Å²) < 4.78 is 5.25. The first kappa shape index (κ1) is 15.5. The van der Waals surface area contributed by atoms with Crippen molar-refractivity contribution in [2.24, 2.45) is 0 Å². The van der Waals surface area contributed by atoms with Gasteiger partial charge in [0.25, 0.3) is 5.91 Å². The van der Waals surface area contributed by atoms with Crippen LogP contribution in [0.3, 0.4) is 0 Å². The molecule has 0 unspecified atom stereocenters. The molecule has 1 aromatic heterocycles. The molecule has 2 N–H and O–H groups in total. The van der Waals surface area contributed by atoms with Crippen molar-refractivity contribution in [2.45, 2.75) is 38.5 Å². The maximum absolute atomic E-state index is 12.0. The fourth-order valence-electron chi connectivity index (χ4n) is 3.06. The van der Waals surface area contributed by atoms with E-state index in [9.17, 15) is 9.59 Å². The van der Waals surface area contributed by atoms with Gasteiger partial charge in [0.05, 0.1) is 23.8 Å². The van der Waals surface area contributed by atoms with Gasteiger partial charge in [-0.2, -0.15) is 0 Å². The monoisotopic (exact) mass is 321 g/mol. The van der Waals surface area contributed by atoms with Crippen LogP contribution in [-0.2, 0) is 4.74 Å². The minimum Gasteiger partial charge on any atom is -0.447 e. The van der Waals surface area contributed by atoms with E-state index in [0.29, 0.717) is 19.0 Å². The number of anilines is 1. The first-order valence-electron chi connectivity index (χ1n) is 7.50. The Bertz CT molecular complexity index is 606. The molecule has 1 aromatic rings. The molecular weight excluding hydrogens is 302 g/mol. The number of hydrogen-bond donors (Lipinski definition) is 2. The molecule has 2 bridgehead atoms. The van der Waals surface area contributed by atoms with Crippen LogP contribution in [0, 0.1) is 0 Å². The van der Waals surface area contributed by atoms with Gasteiger partial charge in [0, 0.05) is 25.5 Å². The van der Waals surface area contributed by atoms with Crippen molar-refractivity contribution < 1.29 is 19.5 Å². The fourth-order valence-corrected chi connectivity index (χ4v) is 3.06. The van der Waals surface area contributed by atoms with Crippen LogP contribution in [0.15, 0.2) is 12.4 Å². The number of likely N-dealkylation sites (tertiary alicyclic amines) is 1. The van der Waals surface area contributed by atoms with Crippen LogP contribution in [-0.4, -0.2) is 63.4 Å². The summed E-state index contributed by atoms with van der Waals surface area (Å²) in [6.07, 6.45) is 3.18. The highest BCUT2D eigenvalue weighted by atomic mass is 16.6. The highest BCUT2D eigenvalue weighted by Crippen LogP contribution is 2.33. The number of piperazine rings is 1. The number of fused-ring (bicyclic) bond motifs is 2. The molecular formula is C14H19N5O4. The van der Waals surface area contributed by atoms with E-state index in [4.69, 9.17) is 9.94 Å². The maximum atomic E-state index is 12.0. The zero-order chi connectivity index (χ0) is 16.6. The Morgan fingerprint density at radius 3 is 2.52 bits per heavy atom. The molecule has 2 fully saturated rings. The molecule has 0 radical (unpaired) electrons. The summed E-state index contributed by atoms with van der Waals surface area (Å²) in [5.41, 5.74) is 1.72. The molecule has 3 rings (SSSR count). The molecule has 2 saturated heterocycles. The van der Waals surface area contributed by atoms with E-state index in [0.717, 1.165) is 6.42 Å². The Morgan fingerprint density at radius 1 is 1.30 bits per heavy atom. The minimum absolute atomic E-state index is 0.0928. The number of nitrogens with zero attached hydrogens (tertiary/aromatic N) is 4. The zero-order valence-electron chi connectivity index (χ0n) is 13.0. The van der Waals surface area contributed by atoms with E-state index in [2.05, 4.69) is 9.97 Å². The number of carbonyl (C=O) groups excluding carboxylic acids is 2. The molecule has 0 spiro atoms. The third-order valence-electron chi connectivity index (χ3n) is 4.07. The van der Waals surface area contributed by atoms with Gasteiger partial charge in [-0.15, -0.1) is 0 Å². The average molecular weight is 321 g/mol. The third kappa shape index (κ3) is 2.91. The predicted octanol–water partition coefficient (Wildman–Crippen LogP) is 0.404. The predicted molar refractivity (Wildman–Crippen MR) is 79.1 cm³/mol. The van der Waals surface area contributed by atoms with Crippen molar-refractivity contribution in [3.05, 3.63) is 18.0 Å². The van der Waals surface area contributed by atoms with Gasteiger partial charge in [-0.3, -0.25) is 10.0 Å². The van der Waals surface area contributed by atoms with Crippen LogP contribution in [0.2, 0.25) is 0 Å². The molecule has 0 aromatic carbocycles. The number of hydroxylamine groups is 1. The van der Waals surface area contributed by atoms with Crippen molar-refractivity contribution in [3.8, 4) is 0 Å². The van der Waals surface area contributed by atoms with Crippen LogP contribution >= 0.6 is 0 Å². The lowest BCUT2D eigenvalue weighted by molar-refractivity contribution is 0.0700. The molecule has 3 heterocycles. The number of nitrogens with one attached hydrogen (secondary N) is 1. The lowest BCUT2D eigenvalue weighted by Crippen LogP contribution is -2.49. The lowest BCUT2D eigenvalue weighted by atomic mass is 10.2. The molecule has 0 aliphatic carbocycles. The smallest absolute Gasteiger partial charge is 0.410 e. The Balaban J connectivity index is 1.65. The Hall–Kier alpha value is -2.42. The van der Waals surface area contributed by atoms with Crippen molar-refractivity contribution in [3.63, 3.8) is 0 Å². The second-order valence-electron chi connectivity index (χ2n) is 5.99. The highest BCUT2D eigenvalue weighted by molar-refractivity contribution is 5.92. The second-order valence-corrected chi connectivity index (χ2v) is 5.99. The standard InChI is InChI=1S/C14H19N5O4/c1-8(2)23-14(21)19-7-10-3-11(19)6-18(10)13-15-4-9(5-16-13)12(20)17-22/h4-5,8,10-11,22H,3,6-7H2,1-2H3,(H,17,20)/t10-,11-/m1/s1. The van der Waals surface area contributed by atoms with Crippen molar-refractivity contribution in [1.82, 2.24) is 20.3 Å². The quantitative estimate of drug-likeness (QED) is 0.613. The summed E-state index contributed by atoms with van der Waals surface area (Å²) in [5, 5.41) is 8.58. The second kappa shape index (κ2) is 5.99. The van der Waals surface area contributed by atoms with E-state index in [1.807, 2.05) is 18.7 Å². The number of amides is 2. The van der Waals surface area contributed by atoms with E-state index in [1.165, 1.54) is 12.4 Å². The average Bonchev–Trinajstić information content (AvgIpc) is 3.14. The number of ether oxygens (including phenoxy) is 1. The molecule has 23 heavy (non-hydrogen) atoms. The first-order valence-corrected chi connectivity index (χ1v) is 7.50. The van der Waals surface area contributed by atoms with Gasteiger partial charge in [-0.05, 0) is 20.3 Å². The van der Waals surface area contributed by atoms with Crippen LogP contribution in [0.25, 0.3) is 0 Å². The van der Waals surface area contributed by atoms with Gasteiger partial charge in [0.2, 0.25) is 5.95 Å². The first-order chi connectivity index (χ1) is 11.0. The highest BCUT2D eigenvalue weighted by Gasteiger charge is 2.47. The van der Waals surface area contributed by atoms with Crippen LogP contribution in [0.5, 0.6) is 0 Å². The topological polar surface area (TPSA) is 108 Å². The summed E-state index contributed by atoms with van der Waals surface area (Å²) in [7, 11) is 0. The fraction of sp³-hybridized carbons (Fsp3) is 0.571. The van der Waals surface area contributed by atoms with Crippen LogP contribution in [0.4, 0.5) is 10.7 Å². The van der Waals surface area contributed by atoms with Gasteiger partial charge in [-0.1, -0.05) is 0 Å². The van der Waals surface area contributed by atoms with Crippen LogP contribution < -0.4 is 10.4 Å². The minimum atomic E-state index is -0.651. The molecule has 9 nitrogen and oxygen atoms in total. The van der Waals surface area contributed by atoms with Gasteiger partial charge < -0.3 is 14.5 Å². The SMILES string of the molecule is CC(C)OC(=O)N1C[C@H]2C[C@@H]1CN2c1ncc(C(=O)NO)cn1. The maximum Gasteiger partial charge on any atom is 0.410 e. The van der Waals surface area contributed by atoms with Crippen molar-refractivity contribution >= 4 is 17.9 Å². The van der Waals surface area contributed by atoms with E-state index >= 15 is 0 Å². The lowest BCUT2D eigenvalue weighted by Gasteiger charge is -2.33. The molecule has 0 saturated carbocycles. The third-order valence-corrected chi connectivity index (χ3v) is 4.07. The van der Waals surface area contributed by atoms with Crippen molar-refractivity contribution in [2.75, 3.05) is 18.0 Å². The van der Waals surface area contributed by atoms with Crippen molar-refractivity contribution in [1.29, 1.82) is 0 Å². The normalized spacial score (nSPS) is 22.6. The number of hydrogen-bond acceptors (Lipinski definition) is 7. The summed E-state index contributed by atoms with van der Waals surface area (Å²) >= 11 is 0. The Kier molecular flexibility index (Phi) is 4.03. The zero-order valence-corrected chi connectivity index (χ0v) is 13.0. The van der Waals surface area contributed by atoms with E-state index in [1.54, 1.807) is 10.4 Å². The van der Waals surface area contributed by atoms with Gasteiger partial charge >= 0.3 is 6.09 Å². The summed E-state index contributed by atoms with van der Waals surface area (Å²) in [5.74, 6) is -0.133. The summed E-state index contributed by atoms with van der Waals surface area (Å²) in [6.45, 7) is 4.88. The molecule has 2 aliphatic heterocycles. The van der Waals surface area contributed by atoms with Crippen LogP contribution in [0.1, 0.15) is 30.6 Å². The van der Waals surface area contributed by atoms with Gasteiger partial charge in [0.1, 0.15) is 0 Å². The molecule has 9 heteroatoms. The largest absolute Gasteiger partial charge is 0.447 e. The van der Waals surface area contributed by atoms with E-state index < -0.39 is 5.91 Å². The molecule has 2 amide bonds. The molecule has 2 atom stereocenters. The Labute approximate surface area is 133 Å². The summed E-state index contributed by atoms with van der Waals surface area (Å²) in [6, 6.07) is 0.243. The number of carbonyl (C=O) groups is 2. The molecule has 2 aliphatic rings. The molecule has 124 valence electrons. The number of rotatable bonds is 3. The van der Waals surface area contributed by atoms with Gasteiger partial charge in [-0.25, -0.2) is 20.2 Å². The number of aromatic nitrogens is 2. The Morgan fingerprint density at radius 2 is 2.00 bits per heavy atom. The summed E-state index contributed by atoms with van der Waals surface area (Å²) in [4.78, 5) is 35.4.